The molecule has 0 spiro atoms. The van der Waals surface area contributed by atoms with E-state index in [4.69, 9.17) is 0 Å². The minimum absolute atomic E-state index is 0.0323. The SMILES string of the molecule is Cc1cc(C(=O)N[C@H]2CCS(=O)(=O)C2)nn1C. The topological polar surface area (TPSA) is 81.1 Å². The highest BCUT2D eigenvalue weighted by Crippen LogP contribution is 2.12. The summed E-state index contributed by atoms with van der Waals surface area (Å²) in [5.74, 6) is -0.125. The highest BCUT2D eigenvalue weighted by Gasteiger charge is 2.29. The molecule has 0 radical (unpaired) electrons. The van der Waals surface area contributed by atoms with Crippen molar-refractivity contribution in [3.8, 4) is 0 Å². The molecule has 2 rings (SSSR count). The van der Waals surface area contributed by atoms with Crippen LogP contribution in [-0.4, -0.2) is 41.7 Å². The largest absolute Gasteiger partial charge is 0.347 e. The third-order valence-electron chi connectivity index (χ3n) is 2.91. The Morgan fingerprint density at radius 1 is 1.59 bits per heavy atom. The lowest BCUT2D eigenvalue weighted by atomic mass is 10.2. The van der Waals surface area contributed by atoms with E-state index < -0.39 is 9.84 Å². The number of amides is 1. The molecule has 1 aromatic heterocycles. The average Bonchev–Trinajstić information content (AvgIpc) is 2.71. The van der Waals surface area contributed by atoms with Crippen LogP contribution in [0.4, 0.5) is 0 Å². The molecule has 2 heterocycles. The Hall–Kier alpha value is -1.37. The molecule has 17 heavy (non-hydrogen) atoms. The van der Waals surface area contributed by atoms with E-state index in [2.05, 4.69) is 10.4 Å². The van der Waals surface area contributed by atoms with Gasteiger partial charge in [-0.3, -0.25) is 9.48 Å². The van der Waals surface area contributed by atoms with Crippen LogP contribution in [0.15, 0.2) is 6.07 Å². The summed E-state index contributed by atoms with van der Waals surface area (Å²) in [6, 6.07) is 1.40. The third-order valence-corrected chi connectivity index (χ3v) is 4.68. The second-order valence-corrected chi connectivity index (χ2v) is 6.60. The first-order valence-electron chi connectivity index (χ1n) is 5.39. The smallest absolute Gasteiger partial charge is 0.272 e. The maximum atomic E-state index is 11.8. The molecule has 0 saturated carbocycles. The molecule has 0 aliphatic carbocycles. The molecular weight excluding hydrogens is 242 g/mol. The van der Waals surface area contributed by atoms with Crippen LogP contribution in [0.5, 0.6) is 0 Å². The number of sulfone groups is 1. The number of aryl methyl sites for hydroxylation is 2. The van der Waals surface area contributed by atoms with Crippen LogP contribution < -0.4 is 5.32 Å². The predicted octanol–water partition coefficient (Wildman–Crippen LogP) is -0.355. The molecule has 1 N–H and O–H groups in total. The maximum absolute atomic E-state index is 11.8. The number of carbonyl (C=O) groups excluding carboxylic acids is 1. The van der Waals surface area contributed by atoms with E-state index in [9.17, 15) is 13.2 Å². The number of aromatic nitrogens is 2. The molecule has 1 aliphatic rings. The van der Waals surface area contributed by atoms with Crippen LogP contribution >= 0.6 is 0 Å². The van der Waals surface area contributed by atoms with E-state index in [1.165, 1.54) is 0 Å². The molecule has 1 aliphatic heterocycles. The molecule has 1 amide bonds. The van der Waals surface area contributed by atoms with Gasteiger partial charge in [0.05, 0.1) is 11.5 Å². The van der Waals surface area contributed by atoms with E-state index in [0.717, 1.165) is 5.69 Å². The summed E-state index contributed by atoms with van der Waals surface area (Å²) in [5.41, 5.74) is 1.21. The summed E-state index contributed by atoms with van der Waals surface area (Å²) in [4.78, 5) is 11.8. The second-order valence-electron chi connectivity index (χ2n) is 4.37. The Kier molecular flexibility index (Phi) is 2.94. The van der Waals surface area contributed by atoms with Gasteiger partial charge in [0.1, 0.15) is 5.69 Å². The van der Waals surface area contributed by atoms with Gasteiger partial charge >= 0.3 is 0 Å². The van der Waals surface area contributed by atoms with E-state index in [-0.39, 0.29) is 23.5 Å². The van der Waals surface area contributed by atoms with Crippen LogP contribution in [0.1, 0.15) is 22.6 Å². The number of nitrogens with one attached hydrogen (secondary N) is 1. The van der Waals surface area contributed by atoms with Crippen molar-refractivity contribution in [1.29, 1.82) is 0 Å². The number of carbonyl (C=O) groups is 1. The Labute approximate surface area is 99.9 Å². The molecule has 1 atom stereocenters. The first-order valence-corrected chi connectivity index (χ1v) is 7.21. The van der Waals surface area contributed by atoms with E-state index >= 15 is 0 Å². The number of hydrogen-bond acceptors (Lipinski definition) is 4. The standard InChI is InChI=1S/C10H15N3O3S/c1-7-5-9(12-13(7)2)10(14)11-8-3-4-17(15,16)6-8/h5,8H,3-4,6H2,1-2H3,(H,11,14)/t8-/m0/s1. The Balaban J connectivity index is 2.03. The molecule has 0 aromatic carbocycles. The summed E-state index contributed by atoms with van der Waals surface area (Å²) >= 11 is 0. The number of hydrogen-bond donors (Lipinski definition) is 1. The summed E-state index contributed by atoms with van der Waals surface area (Å²) in [5, 5.41) is 6.74. The molecule has 94 valence electrons. The van der Waals surface area contributed by atoms with Gasteiger partial charge in [-0.2, -0.15) is 5.10 Å². The Bertz CT molecular complexity index is 528. The van der Waals surface area contributed by atoms with Crippen molar-refractivity contribution >= 4 is 15.7 Å². The van der Waals surface area contributed by atoms with Crippen LogP contribution in [-0.2, 0) is 16.9 Å². The summed E-state index contributed by atoms with van der Waals surface area (Å²) < 4.78 is 24.1. The molecule has 0 unspecified atom stereocenters. The van der Waals surface area contributed by atoms with Gasteiger partial charge in [0, 0.05) is 18.8 Å². The van der Waals surface area contributed by atoms with Crippen LogP contribution in [0, 0.1) is 6.92 Å². The van der Waals surface area contributed by atoms with Gasteiger partial charge in [0.25, 0.3) is 5.91 Å². The van der Waals surface area contributed by atoms with Crippen molar-refractivity contribution in [2.75, 3.05) is 11.5 Å². The van der Waals surface area contributed by atoms with Crippen LogP contribution in [0.2, 0.25) is 0 Å². The summed E-state index contributed by atoms with van der Waals surface area (Å²) in [6.07, 6.45) is 0.486. The van der Waals surface area contributed by atoms with E-state index in [0.29, 0.717) is 12.1 Å². The zero-order valence-corrected chi connectivity index (χ0v) is 10.6. The fourth-order valence-corrected chi connectivity index (χ4v) is 3.51. The highest BCUT2D eigenvalue weighted by atomic mass is 32.2. The van der Waals surface area contributed by atoms with Gasteiger partial charge in [-0.05, 0) is 19.4 Å². The van der Waals surface area contributed by atoms with Crippen molar-refractivity contribution in [3.05, 3.63) is 17.5 Å². The first-order chi connectivity index (χ1) is 7.87. The molecule has 1 saturated heterocycles. The van der Waals surface area contributed by atoms with E-state index in [1.54, 1.807) is 17.8 Å². The van der Waals surface area contributed by atoms with E-state index in [1.807, 2.05) is 6.92 Å². The lowest BCUT2D eigenvalue weighted by Crippen LogP contribution is -2.35. The monoisotopic (exact) mass is 257 g/mol. The molecule has 0 bridgehead atoms. The lowest BCUT2D eigenvalue weighted by molar-refractivity contribution is 0.0935. The average molecular weight is 257 g/mol. The third kappa shape index (κ3) is 2.66. The van der Waals surface area contributed by atoms with Gasteiger partial charge in [-0.25, -0.2) is 8.42 Å². The minimum Gasteiger partial charge on any atom is -0.347 e. The zero-order valence-electron chi connectivity index (χ0n) is 9.80. The van der Waals surface area contributed by atoms with Gasteiger partial charge in [-0.15, -0.1) is 0 Å². The predicted molar refractivity (Wildman–Crippen MR) is 62.5 cm³/mol. The first kappa shape index (κ1) is 12.1. The van der Waals surface area contributed by atoms with Crippen LogP contribution in [0.3, 0.4) is 0 Å². The van der Waals surface area contributed by atoms with Crippen molar-refractivity contribution in [2.24, 2.45) is 7.05 Å². The maximum Gasteiger partial charge on any atom is 0.272 e. The molecule has 6 nitrogen and oxygen atoms in total. The Morgan fingerprint density at radius 3 is 2.76 bits per heavy atom. The fourth-order valence-electron chi connectivity index (χ4n) is 1.84. The molecular formula is C10H15N3O3S. The fraction of sp³-hybridized carbons (Fsp3) is 0.600. The molecule has 1 aromatic rings. The molecule has 7 heteroatoms. The minimum atomic E-state index is -2.97. The number of nitrogens with zero attached hydrogens (tertiary/aromatic N) is 2. The van der Waals surface area contributed by atoms with Gasteiger partial charge in [0.2, 0.25) is 0 Å². The summed E-state index contributed by atoms with van der Waals surface area (Å²) in [6.45, 7) is 1.85. The van der Waals surface area contributed by atoms with Gasteiger partial charge in [0.15, 0.2) is 9.84 Å². The van der Waals surface area contributed by atoms with Gasteiger partial charge in [-0.1, -0.05) is 0 Å². The van der Waals surface area contributed by atoms with Crippen molar-refractivity contribution in [3.63, 3.8) is 0 Å². The van der Waals surface area contributed by atoms with Crippen molar-refractivity contribution in [2.45, 2.75) is 19.4 Å². The highest BCUT2D eigenvalue weighted by molar-refractivity contribution is 7.91. The normalized spacial score (nSPS) is 22.6. The number of rotatable bonds is 2. The van der Waals surface area contributed by atoms with Crippen LogP contribution in [0.25, 0.3) is 0 Å². The molecule has 1 fully saturated rings. The summed E-state index contributed by atoms with van der Waals surface area (Å²) in [7, 11) is -1.21. The quantitative estimate of drug-likeness (QED) is 0.785. The second kappa shape index (κ2) is 4.14. The van der Waals surface area contributed by atoms with Crippen molar-refractivity contribution in [1.82, 2.24) is 15.1 Å². The Morgan fingerprint density at radius 2 is 2.29 bits per heavy atom. The lowest BCUT2D eigenvalue weighted by Gasteiger charge is -2.08. The zero-order chi connectivity index (χ0) is 12.6. The van der Waals surface area contributed by atoms with Gasteiger partial charge < -0.3 is 5.32 Å². The van der Waals surface area contributed by atoms with Crippen molar-refractivity contribution < 1.29 is 13.2 Å².